The SMILES string of the molecule is c1csc(Nc2ccc3c(c2)OCO3)n1. The largest absolute Gasteiger partial charge is 0.454 e. The first-order valence-corrected chi connectivity index (χ1v) is 5.36. The first-order chi connectivity index (χ1) is 7.42. The van der Waals surface area contributed by atoms with E-state index >= 15 is 0 Å². The minimum absolute atomic E-state index is 0.302. The van der Waals surface area contributed by atoms with Crippen LogP contribution in [-0.4, -0.2) is 11.8 Å². The van der Waals surface area contributed by atoms with Gasteiger partial charge in [0.05, 0.1) is 0 Å². The lowest BCUT2D eigenvalue weighted by molar-refractivity contribution is 0.174. The Labute approximate surface area is 90.5 Å². The number of thiazole rings is 1. The monoisotopic (exact) mass is 220 g/mol. The topological polar surface area (TPSA) is 43.4 Å². The van der Waals surface area contributed by atoms with Gasteiger partial charge < -0.3 is 14.8 Å². The molecule has 76 valence electrons. The number of nitrogens with one attached hydrogen (secondary N) is 1. The fourth-order valence-electron chi connectivity index (χ4n) is 1.38. The molecule has 5 heteroatoms. The van der Waals surface area contributed by atoms with Crippen molar-refractivity contribution >= 4 is 22.2 Å². The van der Waals surface area contributed by atoms with Gasteiger partial charge in [-0.2, -0.15) is 0 Å². The molecule has 3 rings (SSSR count). The van der Waals surface area contributed by atoms with Gasteiger partial charge in [-0.3, -0.25) is 0 Å². The van der Waals surface area contributed by atoms with Gasteiger partial charge in [-0.15, -0.1) is 11.3 Å². The first kappa shape index (κ1) is 8.55. The van der Waals surface area contributed by atoms with E-state index in [9.17, 15) is 0 Å². The average Bonchev–Trinajstić information content (AvgIpc) is 2.87. The summed E-state index contributed by atoms with van der Waals surface area (Å²) >= 11 is 1.56. The third-order valence-corrected chi connectivity index (χ3v) is 2.74. The minimum atomic E-state index is 0.302. The zero-order chi connectivity index (χ0) is 10.1. The molecular weight excluding hydrogens is 212 g/mol. The summed E-state index contributed by atoms with van der Waals surface area (Å²) < 4.78 is 10.5. The van der Waals surface area contributed by atoms with E-state index in [1.807, 2.05) is 23.6 Å². The van der Waals surface area contributed by atoms with Crippen molar-refractivity contribution in [1.29, 1.82) is 0 Å². The van der Waals surface area contributed by atoms with Gasteiger partial charge in [-0.05, 0) is 12.1 Å². The summed E-state index contributed by atoms with van der Waals surface area (Å²) in [7, 11) is 0. The van der Waals surface area contributed by atoms with Gasteiger partial charge in [-0.1, -0.05) is 0 Å². The summed E-state index contributed by atoms with van der Waals surface area (Å²) in [5.74, 6) is 1.57. The molecule has 2 heterocycles. The maximum Gasteiger partial charge on any atom is 0.231 e. The highest BCUT2D eigenvalue weighted by Crippen LogP contribution is 2.35. The number of hydrogen-bond acceptors (Lipinski definition) is 5. The molecule has 0 amide bonds. The van der Waals surface area contributed by atoms with Gasteiger partial charge in [0.15, 0.2) is 16.6 Å². The molecule has 4 nitrogen and oxygen atoms in total. The molecule has 0 bridgehead atoms. The smallest absolute Gasteiger partial charge is 0.231 e. The number of nitrogens with zero attached hydrogens (tertiary/aromatic N) is 1. The lowest BCUT2D eigenvalue weighted by Crippen LogP contribution is -1.93. The molecule has 0 fully saturated rings. The molecule has 1 aromatic heterocycles. The summed E-state index contributed by atoms with van der Waals surface area (Å²) in [6.07, 6.45) is 1.76. The minimum Gasteiger partial charge on any atom is -0.454 e. The highest BCUT2D eigenvalue weighted by atomic mass is 32.1. The Hall–Kier alpha value is -1.75. The second-order valence-corrected chi connectivity index (χ2v) is 3.92. The van der Waals surface area contributed by atoms with Crippen LogP contribution >= 0.6 is 11.3 Å². The Morgan fingerprint density at radius 2 is 2.20 bits per heavy atom. The van der Waals surface area contributed by atoms with Crippen LogP contribution in [-0.2, 0) is 0 Å². The van der Waals surface area contributed by atoms with Crippen LogP contribution < -0.4 is 14.8 Å². The molecule has 2 aromatic rings. The van der Waals surface area contributed by atoms with Gasteiger partial charge in [0.25, 0.3) is 0 Å². The predicted molar refractivity (Wildman–Crippen MR) is 58.0 cm³/mol. The second-order valence-electron chi connectivity index (χ2n) is 3.03. The number of fused-ring (bicyclic) bond motifs is 1. The van der Waals surface area contributed by atoms with Crippen molar-refractivity contribution < 1.29 is 9.47 Å². The molecule has 0 spiro atoms. The van der Waals surface area contributed by atoms with Crippen molar-refractivity contribution in [3.05, 3.63) is 29.8 Å². The van der Waals surface area contributed by atoms with E-state index < -0.39 is 0 Å². The van der Waals surface area contributed by atoms with E-state index in [1.54, 1.807) is 17.5 Å². The van der Waals surface area contributed by atoms with Crippen LogP contribution in [0.3, 0.4) is 0 Å². The van der Waals surface area contributed by atoms with E-state index in [1.165, 1.54) is 0 Å². The summed E-state index contributed by atoms with van der Waals surface area (Å²) in [5, 5.41) is 5.98. The van der Waals surface area contributed by atoms with E-state index in [-0.39, 0.29) is 0 Å². The Morgan fingerprint density at radius 3 is 3.07 bits per heavy atom. The third kappa shape index (κ3) is 1.61. The maximum absolute atomic E-state index is 5.28. The molecule has 1 aliphatic rings. The van der Waals surface area contributed by atoms with E-state index in [0.717, 1.165) is 22.3 Å². The quantitative estimate of drug-likeness (QED) is 0.844. The number of aromatic nitrogens is 1. The Morgan fingerprint density at radius 1 is 1.27 bits per heavy atom. The van der Waals surface area contributed by atoms with Crippen LogP contribution in [0.1, 0.15) is 0 Å². The number of ether oxygens (including phenoxy) is 2. The molecule has 0 radical (unpaired) electrons. The molecule has 0 unspecified atom stereocenters. The normalized spacial score (nSPS) is 12.8. The summed E-state index contributed by atoms with van der Waals surface area (Å²) in [6.45, 7) is 0.302. The molecule has 0 aliphatic carbocycles. The van der Waals surface area contributed by atoms with Crippen LogP contribution in [0.15, 0.2) is 29.8 Å². The summed E-state index contributed by atoms with van der Waals surface area (Å²) in [4.78, 5) is 4.14. The molecule has 0 atom stereocenters. The second kappa shape index (κ2) is 3.43. The van der Waals surface area contributed by atoms with Crippen LogP contribution in [0.25, 0.3) is 0 Å². The van der Waals surface area contributed by atoms with Crippen LogP contribution in [0.5, 0.6) is 11.5 Å². The van der Waals surface area contributed by atoms with Crippen molar-refractivity contribution in [1.82, 2.24) is 4.98 Å². The van der Waals surface area contributed by atoms with Crippen LogP contribution in [0, 0.1) is 0 Å². The fourth-order valence-corrected chi connectivity index (χ4v) is 1.93. The standard InChI is InChI=1S/C10H8N2O2S/c1-2-8-9(14-6-13-8)5-7(1)12-10-11-3-4-15-10/h1-5H,6H2,(H,11,12). The van der Waals surface area contributed by atoms with Crippen molar-refractivity contribution in [2.75, 3.05) is 12.1 Å². The van der Waals surface area contributed by atoms with E-state index in [0.29, 0.717) is 6.79 Å². The van der Waals surface area contributed by atoms with Crippen molar-refractivity contribution in [3.8, 4) is 11.5 Å². The number of rotatable bonds is 2. The van der Waals surface area contributed by atoms with E-state index in [2.05, 4.69) is 10.3 Å². The van der Waals surface area contributed by atoms with Gasteiger partial charge in [0.1, 0.15) is 0 Å². The van der Waals surface area contributed by atoms with Gasteiger partial charge >= 0.3 is 0 Å². The fraction of sp³-hybridized carbons (Fsp3) is 0.100. The number of hydrogen-bond donors (Lipinski definition) is 1. The maximum atomic E-state index is 5.28. The predicted octanol–water partition coefficient (Wildman–Crippen LogP) is 2.62. The zero-order valence-corrected chi connectivity index (χ0v) is 8.58. The summed E-state index contributed by atoms with van der Waals surface area (Å²) in [5.41, 5.74) is 0.953. The lowest BCUT2D eigenvalue weighted by Gasteiger charge is -2.03. The third-order valence-electron chi connectivity index (χ3n) is 2.06. The zero-order valence-electron chi connectivity index (χ0n) is 7.77. The number of benzene rings is 1. The number of anilines is 2. The molecule has 0 saturated carbocycles. The molecule has 0 saturated heterocycles. The average molecular weight is 220 g/mol. The van der Waals surface area contributed by atoms with Gasteiger partial charge in [0, 0.05) is 23.3 Å². The Bertz CT molecular complexity index is 470. The van der Waals surface area contributed by atoms with Gasteiger partial charge in [0.2, 0.25) is 6.79 Å². The lowest BCUT2D eigenvalue weighted by atomic mass is 10.3. The molecular formula is C10H8N2O2S. The summed E-state index contributed by atoms with van der Waals surface area (Å²) in [6, 6.07) is 5.73. The highest BCUT2D eigenvalue weighted by molar-refractivity contribution is 7.13. The van der Waals surface area contributed by atoms with Crippen molar-refractivity contribution in [2.24, 2.45) is 0 Å². The molecule has 1 aliphatic heterocycles. The van der Waals surface area contributed by atoms with E-state index in [4.69, 9.17) is 9.47 Å². The van der Waals surface area contributed by atoms with Crippen LogP contribution in [0.2, 0.25) is 0 Å². The molecule has 1 N–H and O–H groups in total. The first-order valence-electron chi connectivity index (χ1n) is 4.48. The van der Waals surface area contributed by atoms with Crippen LogP contribution in [0.4, 0.5) is 10.8 Å². The highest BCUT2D eigenvalue weighted by Gasteiger charge is 2.13. The Balaban J connectivity index is 1.87. The molecule has 15 heavy (non-hydrogen) atoms. The van der Waals surface area contributed by atoms with Crippen molar-refractivity contribution in [3.63, 3.8) is 0 Å². The molecule has 1 aromatic carbocycles. The Kier molecular flexibility index (Phi) is 1.96. The van der Waals surface area contributed by atoms with Gasteiger partial charge in [-0.25, -0.2) is 4.98 Å². The van der Waals surface area contributed by atoms with Crippen molar-refractivity contribution in [2.45, 2.75) is 0 Å².